The molecule has 1 amide bonds. The first kappa shape index (κ1) is 20.9. The molecule has 3 aromatic carbocycles. The topological polar surface area (TPSA) is 34.0 Å². The second kappa shape index (κ2) is 9.65. The molecule has 0 aliphatic rings. The molecule has 0 saturated heterocycles. The molecule has 4 rings (SSSR count). The van der Waals surface area contributed by atoms with E-state index in [2.05, 4.69) is 84.5 Å². The largest absolute Gasteiger partial charge is 0.356 e. The van der Waals surface area contributed by atoms with Crippen molar-refractivity contribution in [3.63, 3.8) is 0 Å². The summed E-state index contributed by atoms with van der Waals surface area (Å²) in [7, 11) is 0. The zero-order valence-corrected chi connectivity index (χ0v) is 18.4. The number of carbonyl (C=O) groups excluding carboxylic acids is 1. The first-order valence-corrected chi connectivity index (χ1v) is 11.0. The number of hydrogen-bond acceptors (Lipinski definition) is 1. The minimum atomic E-state index is 0.113. The molecule has 0 aliphatic heterocycles. The van der Waals surface area contributed by atoms with Gasteiger partial charge in [-0.25, -0.2) is 0 Å². The molecule has 158 valence electrons. The third kappa shape index (κ3) is 5.24. The standard InChI is InChI=1S/C28H30N2O/c1-21-12-13-22(2)25(18-21)20-30-19-24(26-10-6-7-11-27(26)30)14-15-28(31)29-17-16-23-8-4-3-5-9-23/h3-13,18-19H,14-17,20H2,1-2H3,(H,29,31). The van der Waals surface area contributed by atoms with Crippen molar-refractivity contribution in [3.8, 4) is 0 Å². The number of hydrogen-bond donors (Lipinski definition) is 1. The number of nitrogens with one attached hydrogen (secondary N) is 1. The summed E-state index contributed by atoms with van der Waals surface area (Å²) in [6, 6.07) is 25.4. The van der Waals surface area contributed by atoms with E-state index >= 15 is 0 Å². The van der Waals surface area contributed by atoms with Crippen LogP contribution in [0.3, 0.4) is 0 Å². The van der Waals surface area contributed by atoms with E-state index in [9.17, 15) is 4.79 Å². The van der Waals surface area contributed by atoms with Crippen LogP contribution in [-0.2, 0) is 24.2 Å². The number of fused-ring (bicyclic) bond motifs is 1. The van der Waals surface area contributed by atoms with Gasteiger partial charge in [-0.1, -0.05) is 72.3 Å². The van der Waals surface area contributed by atoms with Gasteiger partial charge in [-0.3, -0.25) is 4.79 Å². The maximum absolute atomic E-state index is 12.4. The Morgan fingerprint density at radius 2 is 1.65 bits per heavy atom. The van der Waals surface area contributed by atoms with Crippen LogP contribution in [0.15, 0.2) is 79.0 Å². The fraction of sp³-hybridized carbons (Fsp3) is 0.250. The highest BCUT2D eigenvalue weighted by Crippen LogP contribution is 2.24. The van der Waals surface area contributed by atoms with Crippen molar-refractivity contribution in [1.29, 1.82) is 0 Å². The summed E-state index contributed by atoms with van der Waals surface area (Å²) in [6.07, 6.45) is 4.34. The zero-order chi connectivity index (χ0) is 21.6. The molecule has 31 heavy (non-hydrogen) atoms. The Bertz CT molecular complexity index is 1170. The fourth-order valence-electron chi connectivity index (χ4n) is 4.13. The molecule has 0 unspecified atom stereocenters. The first-order valence-electron chi connectivity index (χ1n) is 11.0. The van der Waals surface area contributed by atoms with Gasteiger partial charge >= 0.3 is 0 Å². The first-order chi connectivity index (χ1) is 15.1. The average Bonchev–Trinajstić information content (AvgIpc) is 3.13. The Morgan fingerprint density at radius 1 is 0.871 bits per heavy atom. The van der Waals surface area contributed by atoms with Crippen molar-refractivity contribution in [2.24, 2.45) is 0 Å². The van der Waals surface area contributed by atoms with Crippen LogP contribution in [0.2, 0.25) is 0 Å². The highest BCUT2D eigenvalue weighted by atomic mass is 16.1. The molecule has 0 atom stereocenters. The van der Waals surface area contributed by atoms with Gasteiger partial charge in [0.2, 0.25) is 5.91 Å². The Kier molecular flexibility index (Phi) is 6.51. The molecule has 0 fully saturated rings. The van der Waals surface area contributed by atoms with Crippen molar-refractivity contribution in [3.05, 3.63) is 107 Å². The van der Waals surface area contributed by atoms with Crippen LogP contribution in [0.4, 0.5) is 0 Å². The van der Waals surface area contributed by atoms with Crippen LogP contribution < -0.4 is 5.32 Å². The Morgan fingerprint density at radius 3 is 2.48 bits per heavy atom. The number of para-hydroxylation sites is 1. The van der Waals surface area contributed by atoms with Gasteiger partial charge < -0.3 is 9.88 Å². The molecule has 4 aromatic rings. The van der Waals surface area contributed by atoms with Crippen molar-refractivity contribution in [2.45, 2.75) is 39.7 Å². The summed E-state index contributed by atoms with van der Waals surface area (Å²) in [5.41, 5.74) is 7.64. The lowest BCUT2D eigenvalue weighted by atomic mass is 10.1. The number of amides is 1. The highest BCUT2D eigenvalue weighted by molar-refractivity contribution is 5.85. The zero-order valence-electron chi connectivity index (χ0n) is 18.4. The van der Waals surface area contributed by atoms with Crippen LogP contribution in [0.5, 0.6) is 0 Å². The summed E-state index contributed by atoms with van der Waals surface area (Å²) in [5, 5.41) is 4.30. The summed E-state index contributed by atoms with van der Waals surface area (Å²) < 4.78 is 2.32. The fourth-order valence-corrected chi connectivity index (χ4v) is 4.13. The minimum absolute atomic E-state index is 0.113. The molecule has 1 N–H and O–H groups in total. The Labute approximate surface area is 184 Å². The second-order valence-corrected chi connectivity index (χ2v) is 8.31. The van der Waals surface area contributed by atoms with E-state index in [1.807, 2.05) is 18.2 Å². The number of carbonyl (C=O) groups is 1. The van der Waals surface area contributed by atoms with E-state index in [0.717, 1.165) is 19.4 Å². The van der Waals surface area contributed by atoms with Gasteiger partial charge in [0.05, 0.1) is 0 Å². The summed E-state index contributed by atoms with van der Waals surface area (Å²) in [6.45, 7) is 5.83. The van der Waals surface area contributed by atoms with Crippen LogP contribution in [-0.4, -0.2) is 17.0 Å². The van der Waals surface area contributed by atoms with Crippen LogP contribution >= 0.6 is 0 Å². The molecule has 1 aromatic heterocycles. The predicted molar refractivity (Wildman–Crippen MR) is 128 cm³/mol. The Hall–Kier alpha value is -3.33. The van der Waals surface area contributed by atoms with E-state index in [4.69, 9.17) is 0 Å². The quantitative estimate of drug-likeness (QED) is 0.403. The van der Waals surface area contributed by atoms with Gasteiger partial charge in [0.1, 0.15) is 0 Å². The van der Waals surface area contributed by atoms with Crippen molar-refractivity contribution < 1.29 is 4.79 Å². The van der Waals surface area contributed by atoms with E-state index in [1.54, 1.807) is 0 Å². The maximum Gasteiger partial charge on any atom is 0.220 e. The number of aryl methyl sites for hydroxylation is 3. The number of rotatable bonds is 8. The Balaban J connectivity index is 1.42. The molecule has 0 spiro atoms. The van der Waals surface area contributed by atoms with Gasteiger partial charge in [0, 0.05) is 36.6 Å². The minimum Gasteiger partial charge on any atom is -0.356 e. The molecule has 0 aliphatic carbocycles. The summed E-state index contributed by atoms with van der Waals surface area (Å²) in [5.74, 6) is 0.113. The van der Waals surface area contributed by atoms with Gasteiger partial charge in [0.25, 0.3) is 0 Å². The maximum atomic E-state index is 12.4. The predicted octanol–water partition coefficient (Wildman–Crippen LogP) is 5.60. The lowest BCUT2D eigenvalue weighted by Crippen LogP contribution is -2.25. The van der Waals surface area contributed by atoms with Gasteiger partial charge in [-0.15, -0.1) is 0 Å². The lowest BCUT2D eigenvalue weighted by molar-refractivity contribution is -0.121. The molecule has 3 nitrogen and oxygen atoms in total. The summed E-state index contributed by atoms with van der Waals surface area (Å²) in [4.78, 5) is 12.4. The van der Waals surface area contributed by atoms with E-state index in [-0.39, 0.29) is 5.91 Å². The van der Waals surface area contributed by atoms with Gasteiger partial charge in [-0.05, 0) is 55.0 Å². The van der Waals surface area contributed by atoms with Crippen molar-refractivity contribution >= 4 is 16.8 Å². The smallest absolute Gasteiger partial charge is 0.220 e. The van der Waals surface area contributed by atoms with Crippen molar-refractivity contribution in [1.82, 2.24) is 9.88 Å². The number of benzene rings is 3. The molecule has 0 radical (unpaired) electrons. The summed E-state index contributed by atoms with van der Waals surface area (Å²) >= 11 is 0. The van der Waals surface area contributed by atoms with Gasteiger partial charge in [0.15, 0.2) is 0 Å². The second-order valence-electron chi connectivity index (χ2n) is 8.31. The van der Waals surface area contributed by atoms with Crippen LogP contribution in [0.25, 0.3) is 10.9 Å². The van der Waals surface area contributed by atoms with Crippen LogP contribution in [0.1, 0.15) is 34.2 Å². The molecule has 0 saturated carbocycles. The molecule has 3 heteroatoms. The monoisotopic (exact) mass is 410 g/mol. The lowest BCUT2D eigenvalue weighted by Gasteiger charge is -2.10. The highest BCUT2D eigenvalue weighted by Gasteiger charge is 2.11. The van der Waals surface area contributed by atoms with E-state index < -0.39 is 0 Å². The van der Waals surface area contributed by atoms with E-state index in [0.29, 0.717) is 13.0 Å². The molecule has 1 heterocycles. The SMILES string of the molecule is Cc1ccc(C)c(Cn2cc(CCC(=O)NCCc3ccccc3)c3ccccc32)c1. The van der Waals surface area contributed by atoms with Crippen molar-refractivity contribution in [2.75, 3.05) is 6.54 Å². The van der Waals surface area contributed by atoms with E-state index in [1.165, 1.54) is 38.7 Å². The molecule has 0 bridgehead atoms. The average molecular weight is 411 g/mol. The third-order valence-corrected chi connectivity index (χ3v) is 5.92. The number of nitrogens with zero attached hydrogens (tertiary/aromatic N) is 1. The molecular formula is C28H30N2O. The molecular weight excluding hydrogens is 380 g/mol. The normalized spacial score (nSPS) is 11.0. The number of aromatic nitrogens is 1. The van der Waals surface area contributed by atoms with Gasteiger partial charge in [-0.2, -0.15) is 0 Å². The third-order valence-electron chi connectivity index (χ3n) is 5.92. The van der Waals surface area contributed by atoms with Crippen LogP contribution in [0, 0.1) is 13.8 Å².